The van der Waals surface area contributed by atoms with Gasteiger partial charge in [0, 0.05) is 13.6 Å². The molecular formula is C12H18FNS. The van der Waals surface area contributed by atoms with Crippen LogP contribution in [0.2, 0.25) is 0 Å². The number of hydrogen-bond donors (Lipinski definition) is 1. The molecule has 1 rings (SSSR count). The molecule has 1 aromatic rings. The van der Waals surface area contributed by atoms with Gasteiger partial charge in [0.25, 0.3) is 0 Å². The molecule has 84 valence electrons. The van der Waals surface area contributed by atoms with Crippen molar-refractivity contribution in [3.63, 3.8) is 0 Å². The van der Waals surface area contributed by atoms with Crippen molar-refractivity contribution in [1.29, 1.82) is 0 Å². The number of thiol groups is 1. The Morgan fingerprint density at radius 1 is 1.40 bits per heavy atom. The van der Waals surface area contributed by atoms with Crippen LogP contribution in [-0.2, 0) is 0 Å². The number of hydrogen-bond acceptors (Lipinski definition) is 2. The molecule has 0 spiro atoms. The number of para-hydroxylation sites is 1. The van der Waals surface area contributed by atoms with Gasteiger partial charge in [0.2, 0.25) is 0 Å². The quantitative estimate of drug-likeness (QED) is 0.756. The summed E-state index contributed by atoms with van der Waals surface area (Å²) in [5, 5.41) is 0. The van der Waals surface area contributed by atoms with Gasteiger partial charge in [0.1, 0.15) is 5.82 Å². The normalized spacial score (nSPS) is 12.5. The molecule has 0 fully saturated rings. The minimum absolute atomic E-state index is 0.158. The van der Waals surface area contributed by atoms with E-state index in [1.54, 1.807) is 12.1 Å². The molecule has 0 aliphatic carbocycles. The number of halogens is 1. The van der Waals surface area contributed by atoms with Gasteiger partial charge in [-0.15, -0.1) is 0 Å². The molecule has 1 unspecified atom stereocenters. The lowest BCUT2D eigenvalue weighted by atomic mass is 10.1. The first kappa shape index (κ1) is 12.4. The summed E-state index contributed by atoms with van der Waals surface area (Å²) in [7, 11) is 1.92. The molecule has 0 saturated heterocycles. The molecule has 1 atom stereocenters. The maximum atomic E-state index is 13.4. The van der Waals surface area contributed by atoms with Crippen LogP contribution in [0.3, 0.4) is 0 Å². The van der Waals surface area contributed by atoms with Crippen molar-refractivity contribution in [3.8, 4) is 0 Å². The third-order valence-corrected chi connectivity index (χ3v) is 3.15. The Hall–Kier alpha value is -0.700. The van der Waals surface area contributed by atoms with E-state index in [0.717, 1.165) is 18.7 Å². The van der Waals surface area contributed by atoms with E-state index in [1.165, 1.54) is 6.07 Å². The van der Waals surface area contributed by atoms with Crippen LogP contribution < -0.4 is 4.90 Å². The lowest BCUT2D eigenvalue weighted by molar-refractivity contribution is 0.559. The van der Waals surface area contributed by atoms with Crippen LogP contribution in [0.25, 0.3) is 0 Å². The van der Waals surface area contributed by atoms with E-state index in [1.807, 2.05) is 18.0 Å². The highest BCUT2D eigenvalue weighted by molar-refractivity contribution is 7.80. The van der Waals surface area contributed by atoms with E-state index >= 15 is 0 Å². The molecule has 3 heteroatoms. The van der Waals surface area contributed by atoms with Crippen LogP contribution in [0.5, 0.6) is 0 Å². The topological polar surface area (TPSA) is 3.24 Å². The Labute approximate surface area is 96.7 Å². The summed E-state index contributed by atoms with van der Waals surface area (Å²) in [4.78, 5) is 1.96. The van der Waals surface area contributed by atoms with Crippen molar-refractivity contribution in [1.82, 2.24) is 0 Å². The first-order chi connectivity index (χ1) is 7.19. The molecule has 0 amide bonds. The average Bonchev–Trinajstić information content (AvgIpc) is 2.26. The van der Waals surface area contributed by atoms with Crippen LogP contribution in [0, 0.1) is 11.7 Å². The van der Waals surface area contributed by atoms with E-state index in [4.69, 9.17) is 0 Å². The molecule has 0 heterocycles. The smallest absolute Gasteiger partial charge is 0.146 e. The van der Waals surface area contributed by atoms with Crippen LogP contribution in [-0.4, -0.2) is 19.3 Å². The maximum Gasteiger partial charge on any atom is 0.146 e. The van der Waals surface area contributed by atoms with Gasteiger partial charge < -0.3 is 4.90 Å². The molecule has 0 N–H and O–H groups in total. The molecule has 0 saturated carbocycles. The van der Waals surface area contributed by atoms with E-state index in [2.05, 4.69) is 19.6 Å². The summed E-state index contributed by atoms with van der Waals surface area (Å²) in [6, 6.07) is 6.87. The lowest BCUT2D eigenvalue weighted by Crippen LogP contribution is -2.26. The van der Waals surface area contributed by atoms with Gasteiger partial charge in [-0.05, 0) is 23.8 Å². The number of nitrogens with zero attached hydrogens (tertiary/aromatic N) is 1. The number of rotatable bonds is 5. The zero-order valence-corrected chi connectivity index (χ0v) is 10.2. The Kier molecular flexibility index (Phi) is 4.95. The molecule has 0 aromatic heterocycles. The molecule has 0 radical (unpaired) electrons. The Morgan fingerprint density at radius 3 is 2.60 bits per heavy atom. The SMILES string of the molecule is CCC(CS)CN(C)c1ccccc1F. The van der Waals surface area contributed by atoms with E-state index < -0.39 is 0 Å². The van der Waals surface area contributed by atoms with Gasteiger partial charge in [0.15, 0.2) is 0 Å². The van der Waals surface area contributed by atoms with Gasteiger partial charge >= 0.3 is 0 Å². The molecule has 0 bridgehead atoms. The Morgan fingerprint density at radius 2 is 2.07 bits per heavy atom. The van der Waals surface area contributed by atoms with E-state index in [9.17, 15) is 4.39 Å². The maximum absolute atomic E-state index is 13.4. The van der Waals surface area contributed by atoms with Gasteiger partial charge in [0.05, 0.1) is 5.69 Å². The summed E-state index contributed by atoms with van der Waals surface area (Å²) in [5.74, 6) is 1.20. The van der Waals surface area contributed by atoms with E-state index in [-0.39, 0.29) is 5.82 Å². The minimum Gasteiger partial charge on any atom is -0.372 e. The second kappa shape index (κ2) is 6.01. The molecule has 15 heavy (non-hydrogen) atoms. The largest absolute Gasteiger partial charge is 0.372 e. The van der Waals surface area contributed by atoms with Crippen molar-refractivity contribution in [3.05, 3.63) is 30.1 Å². The fraction of sp³-hybridized carbons (Fsp3) is 0.500. The van der Waals surface area contributed by atoms with Crippen molar-refractivity contribution in [2.75, 3.05) is 24.2 Å². The second-order valence-electron chi connectivity index (χ2n) is 3.79. The van der Waals surface area contributed by atoms with Crippen LogP contribution in [0.15, 0.2) is 24.3 Å². The number of benzene rings is 1. The highest BCUT2D eigenvalue weighted by Crippen LogP contribution is 2.19. The lowest BCUT2D eigenvalue weighted by Gasteiger charge is -2.24. The molecule has 0 aliphatic rings. The Balaban J connectivity index is 2.68. The molecule has 0 aliphatic heterocycles. The average molecular weight is 227 g/mol. The third kappa shape index (κ3) is 3.42. The standard InChI is InChI=1S/C12H18FNS/c1-3-10(9-15)8-14(2)12-7-5-4-6-11(12)13/h4-7,10,15H,3,8-9H2,1-2H3. The fourth-order valence-electron chi connectivity index (χ4n) is 1.56. The minimum atomic E-state index is -0.158. The fourth-order valence-corrected chi connectivity index (χ4v) is 1.94. The van der Waals surface area contributed by atoms with Crippen molar-refractivity contribution < 1.29 is 4.39 Å². The van der Waals surface area contributed by atoms with Crippen molar-refractivity contribution in [2.45, 2.75) is 13.3 Å². The monoisotopic (exact) mass is 227 g/mol. The summed E-state index contributed by atoms with van der Waals surface area (Å²) >= 11 is 4.29. The van der Waals surface area contributed by atoms with Gasteiger partial charge in [-0.3, -0.25) is 0 Å². The summed E-state index contributed by atoms with van der Waals surface area (Å²) in [6.07, 6.45) is 1.07. The van der Waals surface area contributed by atoms with Crippen LogP contribution in [0.4, 0.5) is 10.1 Å². The predicted molar refractivity (Wildman–Crippen MR) is 67.3 cm³/mol. The van der Waals surface area contributed by atoms with E-state index in [0.29, 0.717) is 11.6 Å². The number of anilines is 1. The van der Waals surface area contributed by atoms with Gasteiger partial charge in [-0.1, -0.05) is 25.5 Å². The summed E-state index contributed by atoms with van der Waals surface area (Å²) in [6.45, 7) is 2.98. The second-order valence-corrected chi connectivity index (χ2v) is 4.15. The van der Waals surface area contributed by atoms with Gasteiger partial charge in [-0.2, -0.15) is 12.6 Å². The summed E-state index contributed by atoms with van der Waals surface area (Å²) in [5.41, 5.74) is 0.665. The molecular weight excluding hydrogens is 209 g/mol. The summed E-state index contributed by atoms with van der Waals surface area (Å²) < 4.78 is 13.4. The predicted octanol–water partition coefficient (Wildman–Crippen LogP) is 3.22. The van der Waals surface area contributed by atoms with Crippen molar-refractivity contribution in [2.24, 2.45) is 5.92 Å². The molecule has 1 nitrogen and oxygen atoms in total. The zero-order valence-electron chi connectivity index (χ0n) is 9.28. The van der Waals surface area contributed by atoms with Gasteiger partial charge in [-0.25, -0.2) is 4.39 Å². The highest BCUT2D eigenvalue weighted by Gasteiger charge is 2.11. The third-order valence-electron chi connectivity index (χ3n) is 2.63. The highest BCUT2D eigenvalue weighted by atomic mass is 32.1. The van der Waals surface area contributed by atoms with Crippen LogP contribution >= 0.6 is 12.6 Å². The Bertz CT molecular complexity index is 299. The van der Waals surface area contributed by atoms with Crippen LogP contribution in [0.1, 0.15) is 13.3 Å². The molecule has 1 aromatic carbocycles. The van der Waals surface area contributed by atoms with Crippen molar-refractivity contribution >= 4 is 18.3 Å². The first-order valence-corrected chi connectivity index (χ1v) is 5.88. The first-order valence-electron chi connectivity index (χ1n) is 5.25. The zero-order chi connectivity index (χ0) is 11.3.